The summed E-state index contributed by atoms with van der Waals surface area (Å²) in [4.78, 5) is 71.1. The maximum atomic E-state index is 14.1. The lowest BCUT2D eigenvalue weighted by atomic mass is 9.94. The molecule has 4 N–H and O–H groups in total. The van der Waals surface area contributed by atoms with Crippen molar-refractivity contribution in [2.24, 2.45) is 29.1 Å². The Morgan fingerprint density at radius 2 is 1.88 bits per heavy atom. The minimum Gasteiger partial charge on any atom is -0.356 e. The third kappa shape index (κ3) is 6.03. The van der Waals surface area contributed by atoms with Crippen LogP contribution in [0, 0.1) is 36.0 Å². The standard InChI is InChI=1S/C32H42ClN5O5/c1-16(2)11-24(37-29(41)23-13-19-17(3)7-6-8-21(19)35-23)31(43)38-15-20-26(32(20,4)5)27(38)30(42)36-22(25(39)14-33)12-18-9-10-34-28(18)40/h6-8,13,16,18,20,22,24,26-27,35H,9-12,14-15H2,1-5H3,(H,34,40)(H,36,42)(H,37,41)/t18-,20-,22-,24-,26-,27-/m0/s1. The number of ketones is 1. The van der Waals surface area contributed by atoms with Crippen LogP contribution in [0.15, 0.2) is 24.3 Å². The van der Waals surface area contributed by atoms with Gasteiger partial charge in [-0.25, -0.2) is 0 Å². The molecule has 1 saturated carbocycles. The summed E-state index contributed by atoms with van der Waals surface area (Å²) in [7, 11) is 0. The van der Waals surface area contributed by atoms with Crippen molar-refractivity contribution < 1.29 is 24.0 Å². The second-order valence-electron chi connectivity index (χ2n) is 13.4. The van der Waals surface area contributed by atoms with Crippen molar-refractivity contribution in [3.8, 4) is 0 Å². The Labute approximate surface area is 257 Å². The Morgan fingerprint density at radius 3 is 2.51 bits per heavy atom. The summed E-state index contributed by atoms with van der Waals surface area (Å²) in [5, 5.41) is 9.51. The number of piperidine rings is 1. The molecule has 232 valence electrons. The lowest BCUT2D eigenvalue weighted by Crippen LogP contribution is -2.58. The second-order valence-corrected chi connectivity index (χ2v) is 13.7. The maximum Gasteiger partial charge on any atom is 0.268 e. The minimum absolute atomic E-state index is 0.0786. The zero-order chi connectivity index (χ0) is 31.2. The summed E-state index contributed by atoms with van der Waals surface area (Å²) in [6.07, 6.45) is 1.15. The largest absolute Gasteiger partial charge is 0.356 e. The van der Waals surface area contributed by atoms with E-state index in [1.54, 1.807) is 11.0 Å². The molecule has 0 unspecified atom stereocenters. The molecule has 4 amide bonds. The molecule has 3 heterocycles. The number of likely N-dealkylation sites (tertiary alicyclic amines) is 1. The fourth-order valence-electron chi connectivity index (χ4n) is 7.15. The first-order valence-electron chi connectivity index (χ1n) is 15.2. The van der Waals surface area contributed by atoms with Crippen molar-refractivity contribution in [1.82, 2.24) is 25.8 Å². The van der Waals surface area contributed by atoms with Crippen molar-refractivity contribution in [3.05, 3.63) is 35.5 Å². The Balaban J connectivity index is 1.36. The summed E-state index contributed by atoms with van der Waals surface area (Å²) in [5.74, 6) is -2.15. The highest BCUT2D eigenvalue weighted by molar-refractivity contribution is 6.28. The molecule has 2 aromatic rings. The van der Waals surface area contributed by atoms with Gasteiger partial charge in [-0.2, -0.15) is 0 Å². The van der Waals surface area contributed by atoms with E-state index in [1.807, 2.05) is 39.0 Å². The number of hydrogen-bond donors (Lipinski definition) is 4. The van der Waals surface area contributed by atoms with Gasteiger partial charge in [0, 0.05) is 29.9 Å². The maximum absolute atomic E-state index is 14.1. The number of aromatic nitrogens is 1. The van der Waals surface area contributed by atoms with E-state index >= 15 is 0 Å². The quantitative estimate of drug-likeness (QED) is 0.289. The number of carbonyl (C=O) groups is 5. The molecule has 11 heteroatoms. The molecule has 0 radical (unpaired) electrons. The highest BCUT2D eigenvalue weighted by Crippen LogP contribution is 2.65. The average molecular weight is 612 g/mol. The van der Waals surface area contributed by atoms with E-state index < -0.39 is 24.0 Å². The van der Waals surface area contributed by atoms with Gasteiger partial charge in [-0.1, -0.05) is 39.8 Å². The van der Waals surface area contributed by atoms with Crippen molar-refractivity contribution >= 4 is 51.9 Å². The molecular formula is C32H42ClN5O5. The van der Waals surface area contributed by atoms with Crippen LogP contribution in [-0.2, 0) is 19.2 Å². The molecule has 5 rings (SSSR count). The first-order chi connectivity index (χ1) is 20.3. The number of fused-ring (bicyclic) bond motifs is 2. The molecule has 1 aliphatic carbocycles. The van der Waals surface area contributed by atoms with Crippen LogP contribution in [0.25, 0.3) is 10.9 Å². The van der Waals surface area contributed by atoms with E-state index in [2.05, 4.69) is 34.8 Å². The predicted molar refractivity (Wildman–Crippen MR) is 163 cm³/mol. The van der Waals surface area contributed by atoms with Crippen LogP contribution in [0.2, 0.25) is 0 Å². The molecule has 0 bridgehead atoms. The van der Waals surface area contributed by atoms with Gasteiger partial charge in [0.15, 0.2) is 5.78 Å². The Hall–Kier alpha value is -3.40. The fraction of sp³-hybridized carbons (Fsp3) is 0.594. The van der Waals surface area contributed by atoms with Crippen molar-refractivity contribution in [3.63, 3.8) is 0 Å². The molecule has 2 saturated heterocycles. The number of nitrogens with one attached hydrogen (secondary N) is 4. The number of aromatic amines is 1. The van der Waals surface area contributed by atoms with Crippen LogP contribution in [-0.4, -0.2) is 76.4 Å². The van der Waals surface area contributed by atoms with E-state index in [0.717, 1.165) is 16.5 Å². The Bertz CT molecular complexity index is 1450. The van der Waals surface area contributed by atoms with Gasteiger partial charge in [-0.15, -0.1) is 11.6 Å². The molecular weight excluding hydrogens is 570 g/mol. The van der Waals surface area contributed by atoms with Gasteiger partial charge in [-0.05, 0) is 67.1 Å². The number of Topliss-reactive ketones (excluding diaryl/α,β-unsaturated/α-hetero) is 1. The molecule has 10 nitrogen and oxygen atoms in total. The summed E-state index contributed by atoms with van der Waals surface area (Å²) in [6.45, 7) is 11.0. The van der Waals surface area contributed by atoms with Gasteiger partial charge in [0.2, 0.25) is 17.7 Å². The van der Waals surface area contributed by atoms with Gasteiger partial charge >= 0.3 is 0 Å². The Kier molecular flexibility index (Phi) is 8.62. The number of alkyl halides is 1. The number of hydrogen-bond acceptors (Lipinski definition) is 5. The van der Waals surface area contributed by atoms with E-state index in [0.29, 0.717) is 31.6 Å². The number of nitrogens with zero attached hydrogens (tertiary/aromatic N) is 1. The average Bonchev–Trinajstić information content (AvgIpc) is 3.47. The highest BCUT2D eigenvalue weighted by atomic mass is 35.5. The highest BCUT2D eigenvalue weighted by Gasteiger charge is 2.69. The van der Waals surface area contributed by atoms with Crippen LogP contribution in [0.4, 0.5) is 0 Å². The number of carbonyl (C=O) groups excluding carboxylic acids is 5. The second kappa shape index (κ2) is 11.9. The van der Waals surface area contributed by atoms with Crippen molar-refractivity contribution in [1.29, 1.82) is 0 Å². The summed E-state index contributed by atoms with van der Waals surface area (Å²) >= 11 is 5.89. The van der Waals surface area contributed by atoms with Crippen LogP contribution in [0.1, 0.15) is 63.0 Å². The Morgan fingerprint density at radius 1 is 1.14 bits per heavy atom. The smallest absolute Gasteiger partial charge is 0.268 e. The van der Waals surface area contributed by atoms with Gasteiger partial charge < -0.3 is 25.8 Å². The zero-order valence-electron chi connectivity index (χ0n) is 25.5. The molecule has 2 aliphatic heterocycles. The molecule has 3 aliphatic rings. The number of amides is 4. The normalized spacial score (nSPS) is 25.3. The van der Waals surface area contributed by atoms with E-state index in [4.69, 9.17) is 11.6 Å². The van der Waals surface area contributed by atoms with Crippen LogP contribution in [0.3, 0.4) is 0 Å². The molecule has 43 heavy (non-hydrogen) atoms. The first kappa shape index (κ1) is 31.0. The van der Waals surface area contributed by atoms with Crippen LogP contribution < -0.4 is 16.0 Å². The molecule has 1 aromatic carbocycles. The van der Waals surface area contributed by atoms with Crippen LogP contribution >= 0.6 is 11.6 Å². The number of rotatable bonds is 11. The number of benzene rings is 1. The lowest BCUT2D eigenvalue weighted by molar-refractivity contribution is -0.142. The SMILES string of the molecule is Cc1cccc2[nH]c(C(=O)N[C@@H](CC(C)C)C(=O)N3C[C@H]4[C@@H]([C@H]3C(=O)N[C@@H](C[C@@H]3CCNC3=O)C(=O)CCl)C4(C)C)cc12. The summed E-state index contributed by atoms with van der Waals surface area (Å²) < 4.78 is 0. The van der Waals surface area contributed by atoms with Gasteiger partial charge in [0.05, 0.1) is 11.9 Å². The van der Waals surface area contributed by atoms with E-state index in [-0.39, 0.29) is 64.9 Å². The third-order valence-corrected chi connectivity index (χ3v) is 9.98. The monoisotopic (exact) mass is 611 g/mol. The topological polar surface area (TPSA) is 140 Å². The third-order valence-electron chi connectivity index (χ3n) is 9.72. The van der Waals surface area contributed by atoms with Crippen LogP contribution in [0.5, 0.6) is 0 Å². The first-order valence-corrected chi connectivity index (χ1v) is 15.7. The zero-order valence-corrected chi connectivity index (χ0v) is 26.2. The summed E-state index contributed by atoms with van der Waals surface area (Å²) in [6, 6.07) is 5.03. The molecule has 0 spiro atoms. The van der Waals surface area contributed by atoms with Gasteiger partial charge in [0.25, 0.3) is 5.91 Å². The lowest BCUT2D eigenvalue weighted by Gasteiger charge is -2.34. The van der Waals surface area contributed by atoms with E-state index in [1.165, 1.54) is 0 Å². The molecule has 3 fully saturated rings. The van der Waals surface area contributed by atoms with Gasteiger partial charge in [0.1, 0.15) is 17.8 Å². The molecule has 6 atom stereocenters. The fourth-order valence-corrected chi connectivity index (χ4v) is 7.33. The minimum atomic E-state index is -0.923. The number of H-pyrrole nitrogens is 1. The summed E-state index contributed by atoms with van der Waals surface area (Å²) in [5.41, 5.74) is 2.10. The van der Waals surface area contributed by atoms with Gasteiger partial charge in [-0.3, -0.25) is 24.0 Å². The van der Waals surface area contributed by atoms with E-state index in [9.17, 15) is 24.0 Å². The predicted octanol–water partition coefficient (Wildman–Crippen LogP) is 2.92. The van der Waals surface area contributed by atoms with Crippen molar-refractivity contribution in [2.75, 3.05) is 19.0 Å². The molecule has 1 aromatic heterocycles. The van der Waals surface area contributed by atoms with Crippen molar-refractivity contribution in [2.45, 2.75) is 72.0 Å². The number of aryl methyl sites for hydroxylation is 1. The number of halogens is 1.